The molecular weight excluding hydrogens is 256 g/mol. The van der Waals surface area contributed by atoms with Gasteiger partial charge in [-0.1, -0.05) is 6.92 Å². The summed E-state index contributed by atoms with van der Waals surface area (Å²) in [6, 6.07) is 0.398. The molecule has 0 spiro atoms. The molecule has 4 atom stereocenters. The van der Waals surface area contributed by atoms with Gasteiger partial charge >= 0.3 is 5.97 Å². The van der Waals surface area contributed by atoms with Gasteiger partial charge in [0.15, 0.2) is 0 Å². The topological polar surface area (TPSA) is 60.9 Å². The quantitative estimate of drug-likeness (QED) is 0.847. The number of amides is 1. The summed E-state index contributed by atoms with van der Waals surface area (Å²) in [6.45, 7) is 3.56. The van der Waals surface area contributed by atoms with Gasteiger partial charge in [-0.05, 0) is 45.7 Å². The lowest BCUT2D eigenvalue weighted by atomic mass is 9.93. The molecule has 0 aromatic heterocycles. The fraction of sp³-hybridized carbons (Fsp3) is 0.867. The van der Waals surface area contributed by atoms with Crippen LogP contribution in [-0.4, -0.2) is 60.0 Å². The van der Waals surface area contributed by atoms with Gasteiger partial charge in [-0.25, -0.2) is 0 Å². The summed E-state index contributed by atoms with van der Waals surface area (Å²) in [4.78, 5) is 28.1. The molecule has 0 bridgehead atoms. The average molecular weight is 282 g/mol. The van der Waals surface area contributed by atoms with Gasteiger partial charge in [-0.2, -0.15) is 0 Å². The molecule has 2 fully saturated rings. The van der Waals surface area contributed by atoms with E-state index in [-0.39, 0.29) is 11.8 Å². The van der Waals surface area contributed by atoms with Gasteiger partial charge < -0.3 is 14.9 Å². The number of hydrogen-bond acceptors (Lipinski definition) is 3. The van der Waals surface area contributed by atoms with Gasteiger partial charge in [0.25, 0.3) is 0 Å². The molecule has 0 aromatic rings. The molecule has 1 N–H and O–H groups in total. The smallest absolute Gasteiger partial charge is 0.307 e. The van der Waals surface area contributed by atoms with Crippen LogP contribution in [0.25, 0.3) is 0 Å². The van der Waals surface area contributed by atoms with Crippen LogP contribution in [0.15, 0.2) is 0 Å². The number of likely N-dealkylation sites (N-methyl/N-ethyl adjacent to an activating group) is 1. The summed E-state index contributed by atoms with van der Waals surface area (Å²) < 4.78 is 0. The van der Waals surface area contributed by atoms with E-state index in [1.165, 1.54) is 0 Å². The molecule has 2 unspecified atom stereocenters. The lowest BCUT2D eigenvalue weighted by Gasteiger charge is -2.37. The van der Waals surface area contributed by atoms with Crippen LogP contribution in [0.2, 0.25) is 0 Å². The number of likely N-dealkylation sites (tertiary alicyclic amines) is 1. The third-order valence-corrected chi connectivity index (χ3v) is 4.87. The Kier molecular flexibility index (Phi) is 4.68. The van der Waals surface area contributed by atoms with Crippen LogP contribution in [0.1, 0.15) is 32.6 Å². The predicted molar refractivity (Wildman–Crippen MR) is 76.3 cm³/mol. The molecule has 1 amide bonds. The van der Waals surface area contributed by atoms with Crippen molar-refractivity contribution in [2.75, 3.05) is 27.2 Å². The van der Waals surface area contributed by atoms with Gasteiger partial charge in [-0.3, -0.25) is 9.59 Å². The van der Waals surface area contributed by atoms with Crippen molar-refractivity contribution in [3.05, 3.63) is 0 Å². The molecule has 2 aliphatic rings. The van der Waals surface area contributed by atoms with Crippen LogP contribution < -0.4 is 0 Å². The molecule has 1 heterocycles. The first-order chi connectivity index (χ1) is 9.40. The third-order valence-electron chi connectivity index (χ3n) is 4.87. The van der Waals surface area contributed by atoms with E-state index in [1.807, 2.05) is 25.9 Å². The summed E-state index contributed by atoms with van der Waals surface area (Å²) >= 11 is 0. The summed E-state index contributed by atoms with van der Waals surface area (Å²) in [7, 11) is 4.08. The number of carboxylic acids is 1. The molecule has 20 heavy (non-hydrogen) atoms. The Balaban J connectivity index is 2.04. The molecule has 0 aromatic carbocycles. The van der Waals surface area contributed by atoms with E-state index in [4.69, 9.17) is 0 Å². The Morgan fingerprint density at radius 2 is 1.85 bits per heavy atom. The Bertz CT molecular complexity index is 383. The lowest BCUT2D eigenvalue weighted by molar-refractivity contribution is -0.149. The van der Waals surface area contributed by atoms with Crippen molar-refractivity contribution in [3.63, 3.8) is 0 Å². The molecule has 114 valence electrons. The third kappa shape index (κ3) is 3.14. The maximum absolute atomic E-state index is 12.7. The van der Waals surface area contributed by atoms with Gasteiger partial charge in [0.05, 0.1) is 11.8 Å². The number of aliphatic carboxylic acids is 1. The van der Waals surface area contributed by atoms with E-state index in [9.17, 15) is 14.7 Å². The van der Waals surface area contributed by atoms with Crippen molar-refractivity contribution in [3.8, 4) is 0 Å². The van der Waals surface area contributed by atoms with Crippen molar-refractivity contribution in [2.45, 2.75) is 38.6 Å². The van der Waals surface area contributed by atoms with Crippen molar-refractivity contribution >= 4 is 11.9 Å². The van der Waals surface area contributed by atoms with Crippen molar-refractivity contribution < 1.29 is 14.7 Å². The van der Waals surface area contributed by atoms with Crippen LogP contribution in [0.5, 0.6) is 0 Å². The second kappa shape index (κ2) is 6.12. The number of hydrogen-bond donors (Lipinski definition) is 1. The Morgan fingerprint density at radius 1 is 1.20 bits per heavy atom. The van der Waals surface area contributed by atoms with E-state index in [2.05, 4.69) is 4.90 Å². The minimum absolute atomic E-state index is 0.0632. The number of carbonyl (C=O) groups excluding carboxylic acids is 1. The highest BCUT2D eigenvalue weighted by Gasteiger charge is 2.43. The van der Waals surface area contributed by atoms with Crippen LogP contribution in [0.3, 0.4) is 0 Å². The SMILES string of the molecule is CC1C[C@H](C(=O)N2CCCC(N(C)C)C2)[C@H](C(=O)O)C1. The van der Waals surface area contributed by atoms with Gasteiger partial charge in [0.2, 0.25) is 5.91 Å². The summed E-state index contributed by atoms with van der Waals surface area (Å²) in [6.07, 6.45) is 3.48. The fourth-order valence-electron chi connectivity index (χ4n) is 3.65. The highest BCUT2D eigenvalue weighted by Crippen LogP contribution is 2.38. The standard InChI is InChI=1S/C15H26N2O3/c1-10-7-12(13(8-10)15(19)20)14(18)17-6-4-5-11(9-17)16(2)3/h10-13H,4-9H2,1-3H3,(H,19,20)/t10?,11?,12-,13+/m0/s1. The van der Waals surface area contributed by atoms with Crippen molar-refractivity contribution in [2.24, 2.45) is 17.8 Å². The average Bonchev–Trinajstić information content (AvgIpc) is 2.80. The molecule has 1 saturated heterocycles. The number of carbonyl (C=O) groups is 2. The summed E-state index contributed by atoms with van der Waals surface area (Å²) in [5.41, 5.74) is 0. The van der Waals surface area contributed by atoms with Crippen LogP contribution >= 0.6 is 0 Å². The lowest BCUT2D eigenvalue weighted by Crippen LogP contribution is -2.50. The van der Waals surface area contributed by atoms with E-state index < -0.39 is 11.9 Å². The van der Waals surface area contributed by atoms with E-state index in [0.29, 0.717) is 18.4 Å². The molecule has 1 saturated carbocycles. The van der Waals surface area contributed by atoms with Crippen LogP contribution in [0, 0.1) is 17.8 Å². The molecular formula is C15H26N2O3. The predicted octanol–water partition coefficient (Wildman–Crippen LogP) is 1.29. The summed E-state index contributed by atoms with van der Waals surface area (Å²) in [5, 5.41) is 9.31. The molecule has 5 heteroatoms. The van der Waals surface area contributed by atoms with Crippen LogP contribution in [-0.2, 0) is 9.59 Å². The number of piperidine rings is 1. The molecule has 1 aliphatic heterocycles. The highest BCUT2D eigenvalue weighted by molar-refractivity contribution is 5.85. The molecule has 0 radical (unpaired) electrons. The molecule has 1 aliphatic carbocycles. The Hall–Kier alpha value is -1.10. The van der Waals surface area contributed by atoms with Crippen molar-refractivity contribution in [1.82, 2.24) is 9.80 Å². The van der Waals surface area contributed by atoms with Gasteiger partial charge in [-0.15, -0.1) is 0 Å². The zero-order valence-corrected chi connectivity index (χ0v) is 12.7. The van der Waals surface area contributed by atoms with E-state index >= 15 is 0 Å². The zero-order valence-electron chi connectivity index (χ0n) is 12.7. The second-order valence-corrected chi connectivity index (χ2v) is 6.67. The molecule has 5 nitrogen and oxygen atoms in total. The monoisotopic (exact) mass is 282 g/mol. The zero-order chi connectivity index (χ0) is 14.9. The largest absolute Gasteiger partial charge is 0.481 e. The van der Waals surface area contributed by atoms with Gasteiger partial charge in [0, 0.05) is 19.1 Å². The molecule has 2 rings (SSSR count). The van der Waals surface area contributed by atoms with E-state index in [0.717, 1.165) is 32.4 Å². The minimum Gasteiger partial charge on any atom is -0.481 e. The maximum Gasteiger partial charge on any atom is 0.307 e. The first kappa shape index (κ1) is 15.3. The highest BCUT2D eigenvalue weighted by atomic mass is 16.4. The van der Waals surface area contributed by atoms with Crippen molar-refractivity contribution in [1.29, 1.82) is 0 Å². The second-order valence-electron chi connectivity index (χ2n) is 6.67. The van der Waals surface area contributed by atoms with Gasteiger partial charge in [0.1, 0.15) is 0 Å². The fourth-order valence-corrected chi connectivity index (χ4v) is 3.65. The number of rotatable bonds is 3. The number of carboxylic acid groups (broad SMARTS) is 1. The normalized spacial score (nSPS) is 34.5. The van der Waals surface area contributed by atoms with E-state index in [1.54, 1.807) is 0 Å². The van der Waals surface area contributed by atoms with Crippen LogP contribution in [0.4, 0.5) is 0 Å². The Morgan fingerprint density at radius 3 is 2.45 bits per heavy atom. The summed E-state index contributed by atoms with van der Waals surface area (Å²) in [5.74, 6) is -1.22. The first-order valence-corrected chi connectivity index (χ1v) is 7.58. The first-order valence-electron chi connectivity index (χ1n) is 7.58. The minimum atomic E-state index is -0.811. The maximum atomic E-state index is 12.7. The number of nitrogens with zero attached hydrogens (tertiary/aromatic N) is 2. The Labute approximate surface area is 120 Å².